The molecule has 0 aliphatic carbocycles. The van der Waals surface area contributed by atoms with Crippen molar-refractivity contribution in [1.29, 1.82) is 0 Å². The van der Waals surface area contributed by atoms with E-state index in [1.165, 1.54) is 0 Å². The molecular formula is C15H21NO2. The fraction of sp³-hybridized carbons (Fsp3) is 0.533. The molecule has 1 aromatic carbocycles. The first-order valence-electron chi connectivity index (χ1n) is 6.75. The lowest BCUT2D eigenvalue weighted by atomic mass is 10.0. The lowest BCUT2D eigenvalue weighted by Crippen LogP contribution is -2.21. The van der Waals surface area contributed by atoms with Crippen LogP contribution in [0.15, 0.2) is 30.3 Å². The van der Waals surface area contributed by atoms with E-state index in [0.717, 1.165) is 31.5 Å². The Balaban J connectivity index is 2.02. The third kappa shape index (κ3) is 4.24. The Morgan fingerprint density at radius 3 is 2.78 bits per heavy atom. The van der Waals surface area contributed by atoms with Crippen LogP contribution in [0.4, 0.5) is 0 Å². The first-order valence-corrected chi connectivity index (χ1v) is 6.75. The van der Waals surface area contributed by atoms with Gasteiger partial charge in [0.05, 0.1) is 12.7 Å². The molecule has 3 heteroatoms. The maximum atomic E-state index is 11.9. The SMILES string of the molecule is O=C1CCCCNCCOC(c2ccccc2)C1. The largest absolute Gasteiger partial charge is 0.372 e. The molecule has 1 unspecified atom stereocenters. The van der Waals surface area contributed by atoms with Crippen molar-refractivity contribution < 1.29 is 9.53 Å². The fourth-order valence-corrected chi connectivity index (χ4v) is 2.22. The van der Waals surface area contributed by atoms with E-state index in [1.807, 2.05) is 30.3 Å². The van der Waals surface area contributed by atoms with Crippen LogP contribution in [-0.2, 0) is 9.53 Å². The Bertz CT molecular complexity index is 364. The molecule has 1 atom stereocenters. The summed E-state index contributed by atoms with van der Waals surface area (Å²) in [7, 11) is 0. The molecule has 2 rings (SSSR count). The predicted molar refractivity (Wildman–Crippen MR) is 71.5 cm³/mol. The third-order valence-corrected chi connectivity index (χ3v) is 3.24. The van der Waals surface area contributed by atoms with Crippen molar-refractivity contribution in [2.45, 2.75) is 31.8 Å². The van der Waals surface area contributed by atoms with E-state index in [0.29, 0.717) is 25.2 Å². The zero-order chi connectivity index (χ0) is 12.6. The zero-order valence-electron chi connectivity index (χ0n) is 10.7. The summed E-state index contributed by atoms with van der Waals surface area (Å²) in [6.45, 7) is 2.50. The number of benzene rings is 1. The van der Waals surface area contributed by atoms with Crippen molar-refractivity contribution in [2.24, 2.45) is 0 Å². The minimum Gasteiger partial charge on any atom is -0.372 e. The quantitative estimate of drug-likeness (QED) is 0.828. The monoisotopic (exact) mass is 247 g/mol. The molecule has 1 heterocycles. The van der Waals surface area contributed by atoms with Gasteiger partial charge in [-0.15, -0.1) is 0 Å². The average Bonchev–Trinajstić information content (AvgIpc) is 2.45. The van der Waals surface area contributed by atoms with E-state index in [-0.39, 0.29) is 6.10 Å². The maximum Gasteiger partial charge on any atom is 0.135 e. The number of ketones is 1. The van der Waals surface area contributed by atoms with Crippen molar-refractivity contribution in [2.75, 3.05) is 19.7 Å². The first-order chi connectivity index (χ1) is 8.86. The van der Waals surface area contributed by atoms with Gasteiger partial charge in [0.2, 0.25) is 0 Å². The van der Waals surface area contributed by atoms with Crippen LogP contribution in [0.5, 0.6) is 0 Å². The van der Waals surface area contributed by atoms with Crippen LogP contribution >= 0.6 is 0 Å². The van der Waals surface area contributed by atoms with Crippen LogP contribution in [0.2, 0.25) is 0 Å². The minimum atomic E-state index is -0.0846. The molecule has 18 heavy (non-hydrogen) atoms. The summed E-state index contributed by atoms with van der Waals surface area (Å²) < 4.78 is 5.85. The molecule has 0 aromatic heterocycles. The van der Waals surface area contributed by atoms with Crippen LogP contribution in [0.3, 0.4) is 0 Å². The predicted octanol–water partition coefficient (Wildman–Crippen LogP) is 2.48. The van der Waals surface area contributed by atoms with Crippen molar-refractivity contribution in [3.63, 3.8) is 0 Å². The van der Waals surface area contributed by atoms with E-state index >= 15 is 0 Å². The summed E-state index contributed by atoms with van der Waals surface area (Å²) in [5, 5.41) is 3.33. The molecule has 0 amide bonds. The molecule has 0 radical (unpaired) electrons. The van der Waals surface area contributed by atoms with Gasteiger partial charge < -0.3 is 10.1 Å². The Morgan fingerprint density at radius 2 is 1.94 bits per heavy atom. The number of carbonyl (C=O) groups is 1. The van der Waals surface area contributed by atoms with E-state index < -0.39 is 0 Å². The van der Waals surface area contributed by atoms with Crippen LogP contribution in [0.25, 0.3) is 0 Å². The lowest BCUT2D eigenvalue weighted by molar-refractivity contribution is -0.122. The van der Waals surface area contributed by atoms with Crippen LogP contribution in [0.1, 0.15) is 37.4 Å². The van der Waals surface area contributed by atoms with Gasteiger partial charge in [0, 0.05) is 19.4 Å². The van der Waals surface area contributed by atoms with Gasteiger partial charge in [0.25, 0.3) is 0 Å². The Hall–Kier alpha value is -1.19. The van der Waals surface area contributed by atoms with E-state index in [1.54, 1.807) is 0 Å². The molecule has 1 aliphatic heterocycles. The van der Waals surface area contributed by atoms with Crippen molar-refractivity contribution in [3.8, 4) is 0 Å². The molecule has 98 valence electrons. The summed E-state index contributed by atoms with van der Waals surface area (Å²) in [6, 6.07) is 10.0. The highest BCUT2D eigenvalue weighted by Crippen LogP contribution is 2.22. The van der Waals surface area contributed by atoms with Gasteiger partial charge in [-0.1, -0.05) is 30.3 Å². The number of Topliss-reactive ketones (excluding diaryl/α,β-unsaturated/α-hetero) is 1. The molecule has 1 N–H and O–H groups in total. The van der Waals surface area contributed by atoms with Crippen molar-refractivity contribution in [3.05, 3.63) is 35.9 Å². The Kier molecular flexibility index (Phi) is 5.36. The number of nitrogens with one attached hydrogen (secondary N) is 1. The molecule has 1 saturated heterocycles. The maximum absolute atomic E-state index is 11.9. The lowest BCUT2D eigenvalue weighted by Gasteiger charge is -2.17. The summed E-state index contributed by atoms with van der Waals surface area (Å²) in [5.74, 6) is 0.311. The smallest absolute Gasteiger partial charge is 0.135 e. The molecule has 0 spiro atoms. The normalized spacial score (nSPS) is 23.3. The Labute approximate surface area is 109 Å². The summed E-state index contributed by atoms with van der Waals surface area (Å²) in [5.41, 5.74) is 1.10. The van der Waals surface area contributed by atoms with Gasteiger partial charge in [-0.2, -0.15) is 0 Å². The molecule has 0 bridgehead atoms. The summed E-state index contributed by atoms with van der Waals surface area (Å²) in [4.78, 5) is 11.9. The highest BCUT2D eigenvalue weighted by atomic mass is 16.5. The molecular weight excluding hydrogens is 226 g/mol. The number of hydrogen-bond acceptors (Lipinski definition) is 3. The minimum absolute atomic E-state index is 0.0846. The number of rotatable bonds is 1. The number of hydrogen-bond donors (Lipinski definition) is 1. The second-order valence-corrected chi connectivity index (χ2v) is 4.72. The van der Waals surface area contributed by atoms with Gasteiger partial charge in [-0.05, 0) is 24.9 Å². The van der Waals surface area contributed by atoms with Crippen LogP contribution in [-0.4, -0.2) is 25.5 Å². The number of ether oxygens (including phenoxy) is 1. The van der Waals surface area contributed by atoms with E-state index in [9.17, 15) is 4.79 Å². The van der Waals surface area contributed by atoms with E-state index in [4.69, 9.17) is 4.74 Å². The molecule has 1 aliphatic rings. The molecule has 0 saturated carbocycles. The molecule has 1 aromatic rings. The van der Waals surface area contributed by atoms with Gasteiger partial charge in [-0.25, -0.2) is 0 Å². The van der Waals surface area contributed by atoms with Crippen molar-refractivity contribution >= 4 is 5.78 Å². The molecule has 3 nitrogen and oxygen atoms in total. The van der Waals surface area contributed by atoms with Gasteiger partial charge >= 0.3 is 0 Å². The topological polar surface area (TPSA) is 38.3 Å². The van der Waals surface area contributed by atoms with Gasteiger partial charge in [0.1, 0.15) is 5.78 Å². The number of carbonyl (C=O) groups excluding carboxylic acids is 1. The standard InChI is InChI=1S/C15H21NO2/c17-14-8-4-5-9-16-10-11-18-15(12-14)13-6-2-1-3-7-13/h1-3,6-7,15-16H,4-5,8-12H2. The van der Waals surface area contributed by atoms with E-state index in [2.05, 4.69) is 5.32 Å². The summed E-state index contributed by atoms with van der Waals surface area (Å²) in [6.07, 6.45) is 3.15. The average molecular weight is 247 g/mol. The highest BCUT2D eigenvalue weighted by Gasteiger charge is 2.16. The van der Waals surface area contributed by atoms with Gasteiger partial charge in [0.15, 0.2) is 0 Å². The van der Waals surface area contributed by atoms with Crippen LogP contribution in [0, 0.1) is 0 Å². The van der Waals surface area contributed by atoms with Crippen LogP contribution < -0.4 is 5.32 Å². The Morgan fingerprint density at radius 1 is 1.11 bits per heavy atom. The second-order valence-electron chi connectivity index (χ2n) is 4.72. The van der Waals surface area contributed by atoms with Gasteiger partial charge in [-0.3, -0.25) is 4.79 Å². The first kappa shape index (κ1) is 13.2. The second kappa shape index (κ2) is 7.29. The zero-order valence-corrected chi connectivity index (χ0v) is 10.7. The highest BCUT2D eigenvalue weighted by molar-refractivity contribution is 5.79. The fourth-order valence-electron chi connectivity index (χ4n) is 2.22. The molecule has 1 fully saturated rings. The third-order valence-electron chi connectivity index (χ3n) is 3.24. The summed E-state index contributed by atoms with van der Waals surface area (Å²) >= 11 is 0. The van der Waals surface area contributed by atoms with Crippen molar-refractivity contribution in [1.82, 2.24) is 5.32 Å².